The first-order chi connectivity index (χ1) is 7.69. The van der Waals surface area contributed by atoms with E-state index in [1.807, 2.05) is 0 Å². The van der Waals surface area contributed by atoms with Crippen LogP contribution in [0.2, 0.25) is 0 Å². The van der Waals surface area contributed by atoms with Crippen LogP contribution in [0.5, 0.6) is 0 Å². The molecular formula is C9H18N2O5S. The van der Waals surface area contributed by atoms with Crippen LogP contribution in [0, 0.1) is 10.7 Å². The van der Waals surface area contributed by atoms with E-state index in [1.165, 1.54) is 0 Å². The average molecular weight is 266 g/mol. The van der Waals surface area contributed by atoms with Crippen LogP contribution in [0.25, 0.3) is 0 Å². The second-order valence-electron chi connectivity index (χ2n) is 3.86. The van der Waals surface area contributed by atoms with Gasteiger partial charge in [0.2, 0.25) is 0 Å². The minimum atomic E-state index is -3.09. The highest BCUT2D eigenvalue weighted by molar-refractivity contribution is 7.92. The van der Waals surface area contributed by atoms with Crippen LogP contribution in [0.3, 0.4) is 0 Å². The molecule has 0 radical (unpaired) electrons. The Morgan fingerprint density at radius 3 is 2.24 bits per heavy atom. The summed E-state index contributed by atoms with van der Waals surface area (Å²) in [5.41, 5.74) is 5.22. The summed E-state index contributed by atoms with van der Waals surface area (Å²) in [6.45, 7) is 1.64. The van der Waals surface area contributed by atoms with Gasteiger partial charge in [0.25, 0.3) is 0 Å². The van der Waals surface area contributed by atoms with Crippen molar-refractivity contribution in [3.8, 4) is 0 Å². The minimum Gasteiger partial charge on any atom is -0.481 e. The first kappa shape index (κ1) is 15.9. The predicted octanol–water partition coefficient (Wildman–Crippen LogP) is -0.0540. The topological polar surface area (TPSA) is 142 Å². The van der Waals surface area contributed by atoms with Crippen LogP contribution in [-0.2, 0) is 19.3 Å². The summed E-state index contributed by atoms with van der Waals surface area (Å²) in [6.07, 6.45) is 0.198. The summed E-state index contributed by atoms with van der Waals surface area (Å²) in [7, 11) is -3.09. The molecule has 0 bridgehead atoms. The summed E-state index contributed by atoms with van der Waals surface area (Å²) in [5.74, 6) is -3.59. The highest BCUT2D eigenvalue weighted by Gasteiger charge is 2.22. The highest BCUT2D eigenvalue weighted by atomic mass is 32.2. The Morgan fingerprint density at radius 2 is 1.88 bits per heavy atom. The molecule has 0 aliphatic rings. The fraction of sp³-hybridized carbons (Fsp3) is 0.778. The lowest BCUT2D eigenvalue weighted by Crippen LogP contribution is -2.33. The van der Waals surface area contributed by atoms with Gasteiger partial charge < -0.3 is 15.9 Å². The smallest absolute Gasteiger partial charge is 0.320 e. The van der Waals surface area contributed by atoms with Gasteiger partial charge in [-0.25, -0.2) is 4.21 Å². The number of carboxylic acid groups (broad SMARTS) is 2. The molecule has 17 heavy (non-hydrogen) atoms. The maximum Gasteiger partial charge on any atom is 0.320 e. The summed E-state index contributed by atoms with van der Waals surface area (Å²) >= 11 is 0. The van der Waals surface area contributed by atoms with Crippen molar-refractivity contribution in [1.29, 1.82) is 4.78 Å². The Labute approximate surface area is 100.0 Å². The molecule has 0 amide bonds. The quantitative estimate of drug-likeness (QED) is 0.485. The van der Waals surface area contributed by atoms with E-state index in [2.05, 4.69) is 0 Å². The Balaban J connectivity index is 4.39. The van der Waals surface area contributed by atoms with Crippen LogP contribution in [-0.4, -0.2) is 43.9 Å². The number of carboxylic acids is 2. The Bertz CT molecular complexity index is 379. The van der Waals surface area contributed by atoms with Gasteiger partial charge in [-0.3, -0.25) is 14.4 Å². The van der Waals surface area contributed by atoms with Gasteiger partial charge in [0.05, 0.1) is 5.92 Å². The Hall–Kier alpha value is -1.15. The molecule has 0 heterocycles. The zero-order chi connectivity index (χ0) is 13.6. The maximum atomic E-state index is 11.7. The third-order valence-electron chi connectivity index (χ3n) is 2.39. The van der Waals surface area contributed by atoms with Gasteiger partial charge in [0, 0.05) is 21.2 Å². The van der Waals surface area contributed by atoms with E-state index in [0.29, 0.717) is 0 Å². The van der Waals surface area contributed by atoms with Crippen molar-refractivity contribution in [2.45, 2.75) is 25.8 Å². The summed E-state index contributed by atoms with van der Waals surface area (Å²) in [5, 5.41) is 17.3. The highest BCUT2D eigenvalue weighted by Crippen LogP contribution is 2.10. The van der Waals surface area contributed by atoms with Crippen LogP contribution in [0.1, 0.15) is 19.8 Å². The van der Waals surface area contributed by atoms with Crippen molar-refractivity contribution >= 4 is 21.7 Å². The predicted molar refractivity (Wildman–Crippen MR) is 62.2 cm³/mol. The molecule has 0 saturated carbocycles. The van der Waals surface area contributed by atoms with E-state index in [9.17, 15) is 13.8 Å². The monoisotopic (exact) mass is 266 g/mol. The fourth-order valence-corrected chi connectivity index (χ4v) is 3.04. The van der Waals surface area contributed by atoms with Gasteiger partial charge in [-0.2, -0.15) is 0 Å². The third-order valence-corrected chi connectivity index (χ3v) is 4.22. The van der Waals surface area contributed by atoms with Crippen molar-refractivity contribution in [2.75, 3.05) is 11.5 Å². The molecule has 0 aliphatic carbocycles. The number of nitrogens with two attached hydrogens (primary N) is 1. The van der Waals surface area contributed by atoms with Crippen LogP contribution >= 0.6 is 0 Å². The van der Waals surface area contributed by atoms with E-state index in [1.54, 1.807) is 6.92 Å². The number of carbonyl (C=O) groups is 2. The van der Waals surface area contributed by atoms with Gasteiger partial charge in [-0.15, -0.1) is 0 Å². The second-order valence-corrected chi connectivity index (χ2v) is 6.22. The van der Waals surface area contributed by atoms with Gasteiger partial charge in [0.1, 0.15) is 6.04 Å². The molecule has 0 aliphatic heterocycles. The van der Waals surface area contributed by atoms with E-state index in [0.717, 1.165) is 0 Å². The molecule has 0 aromatic rings. The molecule has 0 saturated heterocycles. The zero-order valence-electron chi connectivity index (χ0n) is 9.59. The van der Waals surface area contributed by atoms with Gasteiger partial charge in [-0.1, -0.05) is 6.92 Å². The normalized spacial score (nSPS) is 18.0. The SMILES string of the molecule is CC[C@H](CS(=N)(=O)CC[C@H](N)C(=O)O)C(=O)O. The number of nitrogens with one attached hydrogen (secondary N) is 1. The molecule has 0 spiro atoms. The summed E-state index contributed by atoms with van der Waals surface area (Å²) in [4.78, 5) is 21.2. The Morgan fingerprint density at radius 1 is 1.35 bits per heavy atom. The van der Waals surface area contributed by atoms with E-state index < -0.39 is 33.6 Å². The lowest BCUT2D eigenvalue weighted by molar-refractivity contribution is -0.141. The molecule has 8 heteroatoms. The number of aliphatic carboxylic acids is 2. The maximum absolute atomic E-state index is 11.7. The van der Waals surface area contributed by atoms with Crippen LogP contribution < -0.4 is 5.73 Å². The van der Waals surface area contributed by atoms with Crippen molar-refractivity contribution < 1.29 is 24.0 Å². The molecule has 5 N–H and O–H groups in total. The molecule has 1 unspecified atom stereocenters. The van der Waals surface area contributed by atoms with Crippen molar-refractivity contribution in [2.24, 2.45) is 11.7 Å². The summed E-state index contributed by atoms with van der Waals surface area (Å²) < 4.78 is 19.2. The van der Waals surface area contributed by atoms with Gasteiger partial charge in [-0.05, 0) is 12.8 Å². The molecular weight excluding hydrogens is 248 g/mol. The largest absolute Gasteiger partial charge is 0.481 e. The number of rotatable bonds is 8. The van der Waals surface area contributed by atoms with Gasteiger partial charge >= 0.3 is 11.9 Å². The number of hydrogen-bond donors (Lipinski definition) is 4. The fourth-order valence-electron chi connectivity index (χ4n) is 1.21. The molecule has 3 atom stereocenters. The number of hydrogen-bond acceptors (Lipinski definition) is 5. The molecule has 0 fully saturated rings. The zero-order valence-corrected chi connectivity index (χ0v) is 10.4. The lowest BCUT2D eigenvalue weighted by atomic mass is 10.1. The van der Waals surface area contributed by atoms with Crippen molar-refractivity contribution in [3.63, 3.8) is 0 Å². The Kier molecular flexibility index (Phi) is 6.11. The van der Waals surface area contributed by atoms with Crippen LogP contribution in [0.15, 0.2) is 0 Å². The van der Waals surface area contributed by atoms with Gasteiger partial charge in [0.15, 0.2) is 0 Å². The van der Waals surface area contributed by atoms with E-state index in [-0.39, 0.29) is 24.3 Å². The summed E-state index contributed by atoms with van der Waals surface area (Å²) in [6, 6.07) is -1.16. The molecule has 0 aromatic heterocycles. The lowest BCUT2D eigenvalue weighted by Gasteiger charge is -2.13. The standard InChI is InChI=1S/C9H18N2O5S/c1-2-6(8(12)13)5-17(11,16)4-3-7(10)9(14)15/h6-7,11H,2-5,10H2,1H3,(H,12,13)(H,14,15)/t6-,7+,17?/m1/s1. The molecule has 100 valence electrons. The van der Waals surface area contributed by atoms with Crippen molar-refractivity contribution in [3.05, 3.63) is 0 Å². The first-order valence-corrected chi connectivity index (χ1v) is 7.04. The first-order valence-electron chi connectivity index (χ1n) is 5.15. The van der Waals surface area contributed by atoms with E-state index >= 15 is 0 Å². The molecule has 7 nitrogen and oxygen atoms in total. The molecule has 0 rings (SSSR count). The second kappa shape index (κ2) is 6.55. The van der Waals surface area contributed by atoms with Crippen molar-refractivity contribution in [1.82, 2.24) is 0 Å². The van der Waals surface area contributed by atoms with E-state index in [4.69, 9.17) is 20.7 Å². The minimum absolute atomic E-state index is 0.0896. The van der Waals surface area contributed by atoms with Crippen LogP contribution in [0.4, 0.5) is 0 Å². The molecule has 0 aromatic carbocycles. The third kappa shape index (κ3) is 6.22. The average Bonchev–Trinajstić information content (AvgIpc) is 2.22.